The molecule has 1 fully saturated rings. The Balaban J connectivity index is 2.12. The molecule has 1 saturated heterocycles. The first-order valence-corrected chi connectivity index (χ1v) is 30.6. The first-order chi connectivity index (χ1) is 35.2. The number of aliphatic hydroxyl groups is 5. The second kappa shape index (κ2) is 51.3. The average molecular weight is 1020 g/mol. The summed E-state index contributed by atoms with van der Waals surface area (Å²) in [4.78, 5) is 25.1. The summed E-state index contributed by atoms with van der Waals surface area (Å²) in [6.45, 7) is 4.32. The lowest BCUT2D eigenvalue weighted by Crippen LogP contribution is -2.60. The molecule has 7 unspecified atom stereocenters. The first kappa shape index (κ1) is 68.2. The molecular formula is C61H115NO10. The number of aliphatic hydroxyl groups excluding tert-OH is 5. The molecule has 424 valence electrons. The predicted octanol–water partition coefficient (Wildman–Crippen LogP) is 14.1. The zero-order chi connectivity index (χ0) is 52.4. The van der Waals surface area contributed by atoms with Gasteiger partial charge in [0.2, 0.25) is 5.91 Å². The number of hydrogen-bond acceptors (Lipinski definition) is 10. The summed E-state index contributed by atoms with van der Waals surface area (Å²) >= 11 is 0. The molecule has 1 aliphatic rings. The minimum atomic E-state index is -1.58. The standard InChI is InChI=1S/C61H115NO10/c1-3-5-7-9-11-13-15-16-21-24-28-31-35-39-43-47-54(64)53(52-71-61-60(69)59(68)58(67)55(51-63)72-61)62-56(65)48-44-40-36-32-29-25-22-19-17-18-20-23-26-30-34-38-42-46-50-70-57(66)49-45-41-37-33-27-14-12-10-8-6-4-2/h28,31,43,47,53-55,58-61,63-64,67-69H,3-27,29-30,32-42,44-46,48-52H2,1-2H3,(H,62,65)/b31-28+,47-43+. The number of nitrogens with one attached hydrogen (secondary N) is 1. The van der Waals surface area contributed by atoms with Gasteiger partial charge >= 0.3 is 5.97 Å². The summed E-state index contributed by atoms with van der Waals surface area (Å²) in [5.41, 5.74) is 0. The Hall–Kier alpha value is -1.86. The van der Waals surface area contributed by atoms with Gasteiger partial charge in [0.05, 0.1) is 32.0 Å². The highest BCUT2D eigenvalue weighted by Crippen LogP contribution is 2.23. The van der Waals surface area contributed by atoms with Crippen LogP contribution < -0.4 is 5.32 Å². The maximum atomic E-state index is 13.0. The van der Waals surface area contributed by atoms with Gasteiger partial charge in [-0.1, -0.05) is 256 Å². The summed E-state index contributed by atoms with van der Waals surface area (Å²) < 4.78 is 16.7. The van der Waals surface area contributed by atoms with Crippen molar-refractivity contribution in [2.45, 2.75) is 333 Å². The van der Waals surface area contributed by atoms with Crippen LogP contribution in [0.15, 0.2) is 24.3 Å². The minimum absolute atomic E-state index is 0.00906. The van der Waals surface area contributed by atoms with Crippen LogP contribution in [0.5, 0.6) is 0 Å². The number of hydrogen-bond donors (Lipinski definition) is 6. The molecule has 0 aromatic carbocycles. The van der Waals surface area contributed by atoms with Crippen molar-refractivity contribution >= 4 is 11.9 Å². The number of esters is 1. The number of rotatable bonds is 53. The van der Waals surface area contributed by atoms with Crippen molar-refractivity contribution in [3.05, 3.63) is 24.3 Å². The van der Waals surface area contributed by atoms with E-state index in [2.05, 4.69) is 31.3 Å². The number of allylic oxidation sites excluding steroid dienone is 3. The molecule has 0 aromatic rings. The molecule has 0 radical (unpaired) electrons. The Morgan fingerprint density at radius 1 is 0.500 bits per heavy atom. The average Bonchev–Trinajstić information content (AvgIpc) is 3.38. The van der Waals surface area contributed by atoms with E-state index in [4.69, 9.17) is 14.2 Å². The number of ether oxygens (including phenoxy) is 3. The number of carbonyl (C=O) groups excluding carboxylic acids is 2. The Kier molecular flexibility index (Phi) is 48.5. The highest BCUT2D eigenvalue weighted by Gasteiger charge is 2.44. The molecule has 0 aromatic heterocycles. The summed E-state index contributed by atoms with van der Waals surface area (Å²) in [5, 5.41) is 54.4. The van der Waals surface area contributed by atoms with Gasteiger partial charge in [0.15, 0.2) is 6.29 Å². The summed E-state index contributed by atoms with van der Waals surface area (Å²) in [7, 11) is 0. The van der Waals surface area contributed by atoms with E-state index in [0.29, 0.717) is 19.4 Å². The second-order valence-electron chi connectivity index (χ2n) is 21.4. The van der Waals surface area contributed by atoms with Gasteiger partial charge in [0.25, 0.3) is 0 Å². The summed E-state index contributed by atoms with van der Waals surface area (Å²) in [6, 6.07) is -0.830. The van der Waals surface area contributed by atoms with Crippen molar-refractivity contribution in [2.24, 2.45) is 0 Å². The summed E-state index contributed by atoms with van der Waals surface area (Å²) in [5.74, 6) is -0.203. The number of unbranched alkanes of at least 4 members (excludes halogenated alkanes) is 37. The van der Waals surface area contributed by atoms with Crippen LogP contribution in [-0.4, -0.2) is 100 Å². The first-order valence-electron chi connectivity index (χ1n) is 30.6. The van der Waals surface area contributed by atoms with Crippen molar-refractivity contribution < 1.29 is 49.3 Å². The lowest BCUT2D eigenvalue weighted by molar-refractivity contribution is -0.302. The fourth-order valence-electron chi connectivity index (χ4n) is 9.69. The molecule has 1 rings (SSSR count). The van der Waals surface area contributed by atoms with E-state index in [9.17, 15) is 35.1 Å². The Morgan fingerprint density at radius 2 is 0.903 bits per heavy atom. The van der Waals surface area contributed by atoms with Crippen molar-refractivity contribution in [1.29, 1.82) is 0 Å². The minimum Gasteiger partial charge on any atom is -0.466 e. The molecular weight excluding hydrogens is 907 g/mol. The molecule has 0 bridgehead atoms. The highest BCUT2D eigenvalue weighted by molar-refractivity contribution is 5.76. The zero-order valence-electron chi connectivity index (χ0n) is 46.7. The Labute approximate surface area is 441 Å². The smallest absolute Gasteiger partial charge is 0.305 e. The largest absolute Gasteiger partial charge is 0.466 e. The van der Waals surface area contributed by atoms with Crippen LogP contribution >= 0.6 is 0 Å². The molecule has 7 atom stereocenters. The van der Waals surface area contributed by atoms with Crippen LogP contribution in [0, 0.1) is 0 Å². The van der Waals surface area contributed by atoms with E-state index in [1.54, 1.807) is 6.08 Å². The molecule has 1 amide bonds. The maximum absolute atomic E-state index is 13.0. The molecule has 0 saturated carbocycles. The van der Waals surface area contributed by atoms with Crippen LogP contribution in [-0.2, 0) is 23.8 Å². The third-order valence-electron chi connectivity index (χ3n) is 14.6. The van der Waals surface area contributed by atoms with Crippen molar-refractivity contribution in [3.63, 3.8) is 0 Å². The fraction of sp³-hybridized carbons (Fsp3) is 0.902. The molecule has 11 nitrogen and oxygen atoms in total. The van der Waals surface area contributed by atoms with Crippen molar-refractivity contribution in [3.8, 4) is 0 Å². The molecule has 72 heavy (non-hydrogen) atoms. The van der Waals surface area contributed by atoms with Gasteiger partial charge in [-0.3, -0.25) is 9.59 Å². The molecule has 11 heteroatoms. The lowest BCUT2D eigenvalue weighted by atomic mass is 9.99. The highest BCUT2D eigenvalue weighted by atomic mass is 16.7. The van der Waals surface area contributed by atoms with E-state index in [-0.39, 0.29) is 18.5 Å². The third-order valence-corrected chi connectivity index (χ3v) is 14.6. The molecule has 1 heterocycles. The third kappa shape index (κ3) is 40.5. The Bertz CT molecular complexity index is 1250. The molecule has 0 aliphatic carbocycles. The van der Waals surface area contributed by atoms with Gasteiger partial charge in [0.1, 0.15) is 24.4 Å². The molecule has 0 spiro atoms. The van der Waals surface area contributed by atoms with E-state index < -0.39 is 49.5 Å². The van der Waals surface area contributed by atoms with E-state index in [0.717, 1.165) is 64.2 Å². The van der Waals surface area contributed by atoms with Gasteiger partial charge in [-0.15, -0.1) is 0 Å². The van der Waals surface area contributed by atoms with Gasteiger partial charge in [0, 0.05) is 12.8 Å². The maximum Gasteiger partial charge on any atom is 0.305 e. The van der Waals surface area contributed by atoms with E-state index in [1.165, 1.54) is 199 Å². The van der Waals surface area contributed by atoms with Crippen molar-refractivity contribution in [2.75, 3.05) is 19.8 Å². The number of carbonyl (C=O) groups is 2. The Morgan fingerprint density at radius 3 is 1.38 bits per heavy atom. The molecule has 6 N–H and O–H groups in total. The van der Waals surface area contributed by atoms with Crippen LogP contribution in [0.2, 0.25) is 0 Å². The van der Waals surface area contributed by atoms with Gasteiger partial charge in [-0.25, -0.2) is 0 Å². The number of amides is 1. The van der Waals surface area contributed by atoms with E-state index >= 15 is 0 Å². The van der Waals surface area contributed by atoms with Crippen LogP contribution in [0.4, 0.5) is 0 Å². The molecule has 1 aliphatic heterocycles. The van der Waals surface area contributed by atoms with Gasteiger partial charge in [-0.2, -0.15) is 0 Å². The second-order valence-corrected chi connectivity index (χ2v) is 21.4. The van der Waals surface area contributed by atoms with E-state index in [1.807, 2.05) is 6.08 Å². The van der Waals surface area contributed by atoms with Crippen LogP contribution in [0.1, 0.15) is 290 Å². The van der Waals surface area contributed by atoms with Crippen LogP contribution in [0.25, 0.3) is 0 Å². The van der Waals surface area contributed by atoms with Crippen molar-refractivity contribution in [1.82, 2.24) is 5.32 Å². The zero-order valence-corrected chi connectivity index (χ0v) is 46.7. The van der Waals surface area contributed by atoms with Gasteiger partial charge < -0.3 is 45.1 Å². The topological polar surface area (TPSA) is 175 Å². The lowest BCUT2D eigenvalue weighted by Gasteiger charge is -2.40. The predicted molar refractivity (Wildman–Crippen MR) is 297 cm³/mol. The van der Waals surface area contributed by atoms with Gasteiger partial charge in [-0.05, 0) is 44.9 Å². The SMILES string of the molecule is CCCCCCCCCCC/C=C/CC/C=C/C(O)C(COC1OC(CO)C(O)C(O)C1O)NC(=O)CCCCCCCCCCCCCCCCCCCCOC(=O)CCCCCCCCCCCCC. The van der Waals surface area contributed by atoms with Crippen LogP contribution in [0.3, 0.4) is 0 Å². The fourth-order valence-corrected chi connectivity index (χ4v) is 9.69. The quantitative estimate of drug-likeness (QED) is 0.0195. The normalized spacial score (nSPS) is 19.1. The summed E-state index contributed by atoms with van der Waals surface area (Å²) in [6.07, 6.45) is 51.2. The monoisotopic (exact) mass is 1020 g/mol.